The molecule has 0 radical (unpaired) electrons. The first kappa shape index (κ1) is 14.9. The third kappa shape index (κ3) is 2.69. The standard InChI is InChI=1S/C15H19ClN2O2S/c1-2-17-10-15(9-12(17)19)4-6-18(7-5-15)14(20)13-11(16)3-8-21-13/h3,8H,2,4-7,9-10H2,1H3. The van der Waals surface area contributed by atoms with Gasteiger partial charge in [-0.15, -0.1) is 11.3 Å². The van der Waals surface area contributed by atoms with Crippen LogP contribution in [0.15, 0.2) is 11.4 Å². The maximum Gasteiger partial charge on any atom is 0.265 e. The molecule has 3 rings (SSSR count). The summed E-state index contributed by atoms with van der Waals surface area (Å²) in [4.78, 5) is 28.8. The Kier molecular flexibility index (Phi) is 3.97. The van der Waals surface area contributed by atoms with Gasteiger partial charge in [-0.25, -0.2) is 0 Å². The Balaban J connectivity index is 1.65. The van der Waals surface area contributed by atoms with Crippen LogP contribution in [0, 0.1) is 5.41 Å². The Morgan fingerprint density at radius 1 is 1.43 bits per heavy atom. The SMILES string of the molecule is CCN1CC2(CCN(C(=O)c3sccc3Cl)CC2)CC1=O. The van der Waals surface area contributed by atoms with E-state index in [9.17, 15) is 9.59 Å². The Morgan fingerprint density at radius 3 is 2.67 bits per heavy atom. The maximum absolute atomic E-state index is 12.4. The number of thiophene rings is 1. The van der Waals surface area contributed by atoms with Gasteiger partial charge in [0.25, 0.3) is 5.91 Å². The predicted molar refractivity (Wildman–Crippen MR) is 83.8 cm³/mol. The van der Waals surface area contributed by atoms with E-state index in [1.807, 2.05) is 22.1 Å². The molecule has 0 saturated carbocycles. The van der Waals surface area contributed by atoms with E-state index in [-0.39, 0.29) is 17.2 Å². The van der Waals surface area contributed by atoms with E-state index < -0.39 is 0 Å². The van der Waals surface area contributed by atoms with E-state index in [0.717, 1.165) is 39.0 Å². The van der Waals surface area contributed by atoms with Gasteiger partial charge in [-0.3, -0.25) is 9.59 Å². The second kappa shape index (κ2) is 5.61. The summed E-state index contributed by atoms with van der Waals surface area (Å²) in [6.45, 7) is 5.10. The molecule has 4 nitrogen and oxygen atoms in total. The van der Waals surface area contributed by atoms with Crippen molar-refractivity contribution in [3.05, 3.63) is 21.3 Å². The number of likely N-dealkylation sites (tertiary alicyclic amines) is 2. The normalized spacial score (nSPS) is 21.3. The molecule has 0 aromatic carbocycles. The molecule has 1 aromatic rings. The second-order valence-electron chi connectivity index (χ2n) is 5.97. The summed E-state index contributed by atoms with van der Waals surface area (Å²) in [5.74, 6) is 0.292. The molecule has 0 unspecified atom stereocenters. The Hall–Kier alpha value is -1.07. The van der Waals surface area contributed by atoms with Crippen molar-refractivity contribution in [2.75, 3.05) is 26.2 Å². The lowest BCUT2D eigenvalue weighted by Crippen LogP contribution is -2.44. The third-order valence-electron chi connectivity index (χ3n) is 4.71. The van der Waals surface area contributed by atoms with E-state index in [4.69, 9.17) is 11.6 Å². The molecular formula is C15H19ClN2O2S. The van der Waals surface area contributed by atoms with Crippen molar-refractivity contribution in [1.29, 1.82) is 0 Å². The summed E-state index contributed by atoms with van der Waals surface area (Å²) >= 11 is 7.44. The van der Waals surface area contributed by atoms with Crippen LogP contribution in [0.4, 0.5) is 0 Å². The molecule has 2 fully saturated rings. The largest absolute Gasteiger partial charge is 0.342 e. The number of amides is 2. The predicted octanol–water partition coefficient (Wildman–Crippen LogP) is 2.88. The van der Waals surface area contributed by atoms with Crippen LogP contribution >= 0.6 is 22.9 Å². The second-order valence-corrected chi connectivity index (χ2v) is 7.30. The summed E-state index contributed by atoms with van der Waals surface area (Å²) in [6, 6.07) is 1.76. The van der Waals surface area contributed by atoms with Crippen LogP contribution in [0.1, 0.15) is 35.9 Å². The minimum Gasteiger partial charge on any atom is -0.342 e. The van der Waals surface area contributed by atoms with Gasteiger partial charge in [0, 0.05) is 38.0 Å². The lowest BCUT2D eigenvalue weighted by Gasteiger charge is -2.38. The van der Waals surface area contributed by atoms with Gasteiger partial charge in [0.15, 0.2) is 0 Å². The summed E-state index contributed by atoms with van der Waals surface area (Å²) in [5, 5.41) is 2.38. The van der Waals surface area contributed by atoms with Crippen LogP contribution < -0.4 is 0 Å². The minimum atomic E-state index is 0.0292. The molecule has 2 aliphatic rings. The molecule has 0 atom stereocenters. The molecule has 2 amide bonds. The Labute approximate surface area is 133 Å². The molecule has 21 heavy (non-hydrogen) atoms. The molecule has 3 heterocycles. The first-order chi connectivity index (χ1) is 10.0. The van der Waals surface area contributed by atoms with Crippen molar-refractivity contribution in [2.45, 2.75) is 26.2 Å². The minimum absolute atomic E-state index is 0.0292. The van der Waals surface area contributed by atoms with Crippen molar-refractivity contribution < 1.29 is 9.59 Å². The van der Waals surface area contributed by atoms with Gasteiger partial charge in [0.1, 0.15) is 4.88 Å². The van der Waals surface area contributed by atoms with E-state index >= 15 is 0 Å². The van der Waals surface area contributed by atoms with Gasteiger partial charge in [-0.1, -0.05) is 11.6 Å². The topological polar surface area (TPSA) is 40.6 Å². The molecule has 1 spiro atoms. The first-order valence-electron chi connectivity index (χ1n) is 7.35. The molecule has 0 N–H and O–H groups in total. The highest BCUT2D eigenvalue weighted by atomic mass is 35.5. The van der Waals surface area contributed by atoms with Crippen LogP contribution in [0.2, 0.25) is 5.02 Å². The summed E-state index contributed by atoms with van der Waals surface area (Å²) in [5.41, 5.74) is 0.0864. The van der Waals surface area contributed by atoms with Crippen molar-refractivity contribution in [3.63, 3.8) is 0 Å². The molecule has 6 heteroatoms. The van der Waals surface area contributed by atoms with E-state index in [0.29, 0.717) is 16.3 Å². The molecule has 1 aromatic heterocycles. The number of hydrogen-bond donors (Lipinski definition) is 0. The van der Waals surface area contributed by atoms with Crippen LogP contribution in [0.3, 0.4) is 0 Å². The zero-order valence-corrected chi connectivity index (χ0v) is 13.7. The third-order valence-corrected chi connectivity index (χ3v) is 6.04. The average Bonchev–Trinajstić information content (AvgIpc) is 3.03. The van der Waals surface area contributed by atoms with Crippen LogP contribution in [-0.4, -0.2) is 47.8 Å². The van der Waals surface area contributed by atoms with Crippen molar-refractivity contribution in [3.8, 4) is 0 Å². The van der Waals surface area contributed by atoms with Gasteiger partial charge < -0.3 is 9.80 Å². The molecule has 2 saturated heterocycles. The maximum atomic E-state index is 12.4. The Morgan fingerprint density at radius 2 is 2.14 bits per heavy atom. The van der Waals surface area contributed by atoms with Crippen molar-refractivity contribution in [2.24, 2.45) is 5.41 Å². The van der Waals surface area contributed by atoms with Gasteiger partial charge in [-0.2, -0.15) is 0 Å². The summed E-state index contributed by atoms with van der Waals surface area (Å²) in [7, 11) is 0. The van der Waals surface area contributed by atoms with E-state index in [1.165, 1.54) is 11.3 Å². The van der Waals surface area contributed by atoms with Crippen molar-refractivity contribution >= 4 is 34.8 Å². The molecule has 114 valence electrons. The van der Waals surface area contributed by atoms with Gasteiger partial charge >= 0.3 is 0 Å². The number of halogens is 1. The fourth-order valence-corrected chi connectivity index (χ4v) is 4.48. The first-order valence-corrected chi connectivity index (χ1v) is 8.60. The number of piperidine rings is 1. The van der Waals surface area contributed by atoms with Crippen LogP contribution in [-0.2, 0) is 4.79 Å². The van der Waals surface area contributed by atoms with Crippen molar-refractivity contribution in [1.82, 2.24) is 9.80 Å². The highest BCUT2D eigenvalue weighted by molar-refractivity contribution is 7.12. The summed E-state index contributed by atoms with van der Waals surface area (Å²) < 4.78 is 0. The lowest BCUT2D eigenvalue weighted by molar-refractivity contribution is -0.127. The number of carbonyl (C=O) groups is 2. The van der Waals surface area contributed by atoms with Gasteiger partial charge in [0.05, 0.1) is 5.02 Å². The molecule has 2 aliphatic heterocycles. The fourth-order valence-electron chi connectivity index (χ4n) is 3.38. The van der Waals surface area contributed by atoms with Crippen LogP contribution in [0.5, 0.6) is 0 Å². The number of nitrogens with zero attached hydrogens (tertiary/aromatic N) is 2. The van der Waals surface area contributed by atoms with Gasteiger partial charge in [0.2, 0.25) is 5.91 Å². The lowest BCUT2D eigenvalue weighted by atomic mass is 9.77. The fraction of sp³-hybridized carbons (Fsp3) is 0.600. The highest BCUT2D eigenvalue weighted by Gasteiger charge is 2.45. The molecular weight excluding hydrogens is 308 g/mol. The van der Waals surface area contributed by atoms with E-state index in [1.54, 1.807) is 6.07 Å². The summed E-state index contributed by atoms with van der Waals surface area (Å²) in [6.07, 6.45) is 2.45. The smallest absolute Gasteiger partial charge is 0.265 e. The average molecular weight is 327 g/mol. The number of rotatable bonds is 2. The highest BCUT2D eigenvalue weighted by Crippen LogP contribution is 2.41. The van der Waals surface area contributed by atoms with E-state index in [2.05, 4.69) is 0 Å². The van der Waals surface area contributed by atoms with Crippen LogP contribution in [0.25, 0.3) is 0 Å². The molecule has 0 aliphatic carbocycles. The molecule has 0 bridgehead atoms. The monoisotopic (exact) mass is 326 g/mol. The quantitative estimate of drug-likeness (QED) is 0.838. The zero-order chi connectivity index (χ0) is 15.0. The van der Waals surface area contributed by atoms with Gasteiger partial charge in [-0.05, 0) is 31.2 Å². The number of hydrogen-bond acceptors (Lipinski definition) is 3. The Bertz CT molecular complexity index is 564. The number of carbonyl (C=O) groups excluding carboxylic acids is 2. The zero-order valence-electron chi connectivity index (χ0n) is 12.1.